The zero-order valence-electron chi connectivity index (χ0n) is 11.2. The molecule has 2 aliphatic heterocycles. The van der Waals surface area contributed by atoms with E-state index in [0.29, 0.717) is 17.4 Å². The van der Waals surface area contributed by atoms with Crippen LogP contribution in [0.1, 0.15) is 12.8 Å². The third-order valence-corrected chi connectivity index (χ3v) is 4.24. The average molecular weight is 265 g/mol. The number of hydrogen-bond donors (Lipinski definition) is 1. The lowest BCUT2D eigenvalue weighted by atomic mass is 10.1. The van der Waals surface area contributed by atoms with Gasteiger partial charge in [-0.15, -0.1) is 0 Å². The quantitative estimate of drug-likeness (QED) is 0.826. The van der Waals surface area contributed by atoms with Crippen LogP contribution in [-0.4, -0.2) is 44.2 Å². The van der Waals surface area contributed by atoms with Crippen LogP contribution >= 0.6 is 0 Å². The van der Waals surface area contributed by atoms with Crippen molar-refractivity contribution in [1.29, 1.82) is 0 Å². The van der Waals surface area contributed by atoms with Crippen molar-refractivity contribution in [2.24, 2.45) is 0 Å². The fraction of sp³-hybridized carbons (Fsp3) is 0.571. The van der Waals surface area contributed by atoms with Crippen LogP contribution in [0.2, 0.25) is 0 Å². The molecule has 19 heavy (non-hydrogen) atoms. The van der Waals surface area contributed by atoms with Crippen molar-refractivity contribution in [2.75, 3.05) is 43.9 Å². The fourth-order valence-electron chi connectivity index (χ4n) is 3.22. The van der Waals surface area contributed by atoms with E-state index in [9.17, 15) is 4.39 Å². The van der Waals surface area contributed by atoms with Crippen molar-refractivity contribution in [3.63, 3.8) is 0 Å². The number of nitrogen functional groups attached to an aromatic ring is 1. The van der Waals surface area contributed by atoms with Gasteiger partial charge in [0.15, 0.2) is 11.6 Å². The van der Waals surface area contributed by atoms with Crippen LogP contribution in [0.4, 0.5) is 15.8 Å². The highest BCUT2D eigenvalue weighted by Gasteiger charge is 2.32. The summed E-state index contributed by atoms with van der Waals surface area (Å²) in [6.45, 7) is 3.95. The summed E-state index contributed by atoms with van der Waals surface area (Å²) in [6.07, 6.45) is 2.47. The normalized spacial score (nSPS) is 23.5. The van der Waals surface area contributed by atoms with E-state index in [1.807, 2.05) is 0 Å². The number of fused-ring (bicyclic) bond motifs is 1. The molecule has 0 aliphatic carbocycles. The second kappa shape index (κ2) is 4.89. The van der Waals surface area contributed by atoms with Crippen LogP contribution in [0.5, 0.6) is 5.75 Å². The predicted molar refractivity (Wildman–Crippen MR) is 74.2 cm³/mol. The van der Waals surface area contributed by atoms with E-state index in [2.05, 4.69) is 9.80 Å². The Morgan fingerprint density at radius 1 is 1.32 bits per heavy atom. The predicted octanol–water partition coefficient (Wildman–Crippen LogP) is 1.70. The van der Waals surface area contributed by atoms with Gasteiger partial charge in [-0.25, -0.2) is 4.39 Å². The molecular formula is C14H20FN3O. The van der Waals surface area contributed by atoms with E-state index in [4.69, 9.17) is 10.5 Å². The third-order valence-electron chi connectivity index (χ3n) is 4.24. The maximum absolute atomic E-state index is 14.4. The Morgan fingerprint density at radius 2 is 2.16 bits per heavy atom. The first-order valence-corrected chi connectivity index (χ1v) is 6.81. The minimum absolute atomic E-state index is 0.159. The summed E-state index contributed by atoms with van der Waals surface area (Å²) in [7, 11) is 1.45. The van der Waals surface area contributed by atoms with Gasteiger partial charge in [0.25, 0.3) is 0 Å². The molecular weight excluding hydrogens is 245 g/mol. The van der Waals surface area contributed by atoms with Crippen LogP contribution in [0.15, 0.2) is 12.1 Å². The molecule has 4 nitrogen and oxygen atoms in total. The van der Waals surface area contributed by atoms with Crippen molar-refractivity contribution in [3.05, 3.63) is 17.9 Å². The van der Waals surface area contributed by atoms with E-state index in [0.717, 1.165) is 19.6 Å². The van der Waals surface area contributed by atoms with E-state index in [1.54, 1.807) is 12.1 Å². The monoisotopic (exact) mass is 265 g/mol. The lowest BCUT2D eigenvalue weighted by molar-refractivity contribution is 0.230. The van der Waals surface area contributed by atoms with Gasteiger partial charge in [0.1, 0.15) is 0 Å². The Labute approximate surface area is 112 Å². The van der Waals surface area contributed by atoms with Gasteiger partial charge >= 0.3 is 0 Å². The molecule has 0 amide bonds. The number of benzene rings is 1. The van der Waals surface area contributed by atoms with Crippen LogP contribution in [0.25, 0.3) is 0 Å². The van der Waals surface area contributed by atoms with E-state index < -0.39 is 0 Å². The van der Waals surface area contributed by atoms with Crippen molar-refractivity contribution in [1.82, 2.24) is 4.90 Å². The Hall–Kier alpha value is -1.49. The summed E-state index contributed by atoms with van der Waals surface area (Å²) < 4.78 is 19.5. The van der Waals surface area contributed by atoms with E-state index in [-0.39, 0.29) is 11.6 Å². The molecule has 0 radical (unpaired) electrons. The van der Waals surface area contributed by atoms with Gasteiger partial charge in [-0.05, 0) is 31.5 Å². The highest BCUT2D eigenvalue weighted by atomic mass is 19.1. The number of rotatable bonds is 2. The van der Waals surface area contributed by atoms with Gasteiger partial charge in [-0.2, -0.15) is 0 Å². The molecule has 1 aromatic carbocycles. The molecule has 1 unspecified atom stereocenters. The number of hydrogen-bond acceptors (Lipinski definition) is 4. The number of anilines is 2. The lowest BCUT2D eigenvalue weighted by Gasteiger charge is -2.39. The summed E-state index contributed by atoms with van der Waals surface area (Å²) in [4.78, 5) is 4.62. The molecule has 2 heterocycles. The maximum Gasteiger partial charge on any atom is 0.190 e. The van der Waals surface area contributed by atoms with E-state index >= 15 is 0 Å². The fourth-order valence-corrected chi connectivity index (χ4v) is 3.22. The Bertz CT molecular complexity index is 480. The molecule has 1 atom stereocenters. The molecule has 2 N–H and O–H groups in total. The summed E-state index contributed by atoms with van der Waals surface area (Å²) in [5.41, 5.74) is 6.68. The molecule has 104 valence electrons. The second-order valence-corrected chi connectivity index (χ2v) is 5.30. The summed E-state index contributed by atoms with van der Waals surface area (Å²) >= 11 is 0. The van der Waals surface area contributed by atoms with Crippen molar-refractivity contribution >= 4 is 11.4 Å². The second-order valence-electron chi connectivity index (χ2n) is 5.30. The number of methoxy groups -OCH3 is 1. The Balaban J connectivity index is 1.86. The first-order valence-electron chi connectivity index (χ1n) is 6.81. The maximum atomic E-state index is 14.4. The van der Waals surface area contributed by atoms with Crippen molar-refractivity contribution in [2.45, 2.75) is 18.9 Å². The molecule has 0 aromatic heterocycles. The molecule has 0 spiro atoms. The topological polar surface area (TPSA) is 41.7 Å². The van der Waals surface area contributed by atoms with Crippen molar-refractivity contribution < 1.29 is 9.13 Å². The standard InChI is InChI=1S/C14H20FN3O/c1-19-14-11(16)4-5-12(13(14)15)18-8-7-17-6-2-3-10(17)9-18/h4-5,10H,2-3,6-9,16H2,1H3. The first kappa shape index (κ1) is 12.5. The molecule has 2 saturated heterocycles. The molecule has 2 aliphatic rings. The minimum Gasteiger partial charge on any atom is -0.492 e. The molecule has 3 rings (SSSR count). The highest BCUT2D eigenvalue weighted by Crippen LogP contribution is 2.34. The number of nitrogens with two attached hydrogens (primary N) is 1. The first-order chi connectivity index (χ1) is 9.20. The van der Waals surface area contributed by atoms with Gasteiger partial charge in [0.05, 0.1) is 18.5 Å². The number of halogens is 1. The smallest absolute Gasteiger partial charge is 0.190 e. The van der Waals surface area contributed by atoms with Gasteiger partial charge in [0, 0.05) is 25.7 Å². The number of nitrogens with zero attached hydrogens (tertiary/aromatic N) is 2. The van der Waals surface area contributed by atoms with Crippen molar-refractivity contribution in [3.8, 4) is 5.75 Å². The third kappa shape index (κ3) is 2.12. The SMILES string of the molecule is COc1c(N)ccc(N2CCN3CCCC3C2)c1F. The average Bonchev–Trinajstić information content (AvgIpc) is 2.86. The Kier molecular flexibility index (Phi) is 3.22. The summed E-state index contributed by atoms with van der Waals surface area (Å²) in [5, 5.41) is 0. The zero-order valence-corrected chi connectivity index (χ0v) is 11.2. The molecule has 0 saturated carbocycles. The molecule has 0 bridgehead atoms. The summed E-state index contributed by atoms with van der Waals surface area (Å²) in [5.74, 6) is -0.180. The zero-order chi connectivity index (χ0) is 13.4. The number of ether oxygens (including phenoxy) is 1. The molecule has 5 heteroatoms. The highest BCUT2D eigenvalue weighted by molar-refractivity contribution is 5.64. The minimum atomic E-state index is -0.339. The van der Waals surface area contributed by atoms with Gasteiger partial charge in [0.2, 0.25) is 0 Å². The van der Waals surface area contributed by atoms with Crippen LogP contribution in [-0.2, 0) is 0 Å². The summed E-state index contributed by atoms with van der Waals surface area (Å²) in [6, 6.07) is 4.05. The van der Waals surface area contributed by atoms with E-state index in [1.165, 1.54) is 26.5 Å². The molecule has 1 aromatic rings. The van der Waals surface area contributed by atoms with Gasteiger partial charge in [-0.1, -0.05) is 0 Å². The van der Waals surface area contributed by atoms with Gasteiger partial charge in [-0.3, -0.25) is 4.90 Å². The van der Waals surface area contributed by atoms with Crippen LogP contribution in [0.3, 0.4) is 0 Å². The number of piperazine rings is 1. The lowest BCUT2D eigenvalue weighted by Crippen LogP contribution is -2.50. The van der Waals surface area contributed by atoms with Crippen LogP contribution in [0, 0.1) is 5.82 Å². The van der Waals surface area contributed by atoms with Gasteiger partial charge < -0.3 is 15.4 Å². The van der Waals surface area contributed by atoms with Crippen LogP contribution < -0.4 is 15.4 Å². The largest absolute Gasteiger partial charge is 0.492 e. The molecule has 2 fully saturated rings. The Morgan fingerprint density at radius 3 is 2.95 bits per heavy atom.